The molecule has 0 spiro atoms. The van der Waals surface area contributed by atoms with E-state index < -0.39 is 5.91 Å². The Hall–Kier alpha value is -4.68. The molecule has 4 heterocycles. The van der Waals surface area contributed by atoms with Crippen molar-refractivity contribution in [3.63, 3.8) is 0 Å². The van der Waals surface area contributed by atoms with Crippen molar-refractivity contribution in [3.8, 4) is 0 Å². The number of aliphatic hydroxyl groups is 1. The molecule has 3 aromatic rings. The first kappa shape index (κ1) is 35.7. The summed E-state index contributed by atoms with van der Waals surface area (Å²) in [6.07, 6.45) is 7.98. The van der Waals surface area contributed by atoms with E-state index in [4.69, 9.17) is 10.7 Å². The molecule has 3 atom stereocenters. The van der Waals surface area contributed by atoms with E-state index in [0.717, 1.165) is 76.1 Å². The van der Waals surface area contributed by atoms with Gasteiger partial charge in [-0.3, -0.25) is 14.4 Å². The monoisotopic (exact) mass is 708 g/mol. The lowest BCUT2D eigenvalue weighted by molar-refractivity contribution is 0.0922. The first-order valence-electron chi connectivity index (χ1n) is 18.9. The Morgan fingerprint density at radius 3 is 2.13 bits per heavy atom. The number of nitrogens with two attached hydrogens (primary N) is 1. The second kappa shape index (κ2) is 15.5. The molecule has 1 saturated carbocycles. The molecule has 2 aromatic carbocycles. The number of aliphatic hydroxyl groups excluding tert-OH is 1. The summed E-state index contributed by atoms with van der Waals surface area (Å²) in [5.74, 6) is -0.0219. The number of rotatable bonds is 10. The number of anilines is 3. The van der Waals surface area contributed by atoms with Crippen molar-refractivity contribution in [2.24, 2.45) is 5.73 Å². The first-order chi connectivity index (χ1) is 25.1. The summed E-state index contributed by atoms with van der Waals surface area (Å²) in [5.41, 5.74) is 9.84. The van der Waals surface area contributed by atoms with Crippen molar-refractivity contribution in [2.75, 3.05) is 48.3 Å². The highest BCUT2D eigenvalue weighted by Gasteiger charge is 2.42. The number of carbonyl (C=O) groups is 3. The highest BCUT2D eigenvalue weighted by molar-refractivity contribution is 6.02. The van der Waals surface area contributed by atoms with Gasteiger partial charge >= 0.3 is 0 Å². The van der Waals surface area contributed by atoms with Crippen LogP contribution in [0.25, 0.3) is 0 Å². The zero-order valence-corrected chi connectivity index (χ0v) is 30.3. The number of hydrogen-bond acceptors (Lipinski definition) is 9. The van der Waals surface area contributed by atoms with E-state index in [-0.39, 0.29) is 48.1 Å². The highest BCUT2D eigenvalue weighted by Crippen LogP contribution is 2.39. The molecule has 2 unspecified atom stereocenters. The Balaban J connectivity index is 0.930. The average Bonchev–Trinajstić information content (AvgIpc) is 3.42. The lowest BCUT2D eigenvalue weighted by Crippen LogP contribution is -2.50. The lowest BCUT2D eigenvalue weighted by atomic mass is 9.92. The molecule has 3 saturated heterocycles. The molecule has 2 bridgehead atoms. The van der Waals surface area contributed by atoms with E-state index in [1.165, 1.54) is 5.69 Å². The molecular weight excluding hydrogens is 656 g/mol. The van der Waals surface area contributed by atoms with Crippen LogP contribution in [0.5, 0.6) is 0 Å². The fourth-order valence-corrected chi connectivity index (χ4v) is 8.47. The van der Waals surface area contributed by atoms with E-state index in [1.807, 2.05) is 19.1 Å². The molecule has 6 N–H and O–H groups in total. The Kier molecular flexibility index (Phi) is 10.7. The summed E-state index contributed by atoms with van der Waals surface area (Å²) in [6, 6.07) is 17.7. The van der Waals surface area contributed by atoms with E-state index in [0.29, 0.717) is 35.2 Å². The van der Waals surface area contributed by atoms with E-state index >= 15 is 0 Å². The van der Waals surface area contributed by atoms with Gasteiger partial charge in [-0.1, -0.05) is 12.1 Å². The maximum atomic E-state index is 13.5. The number of hydrogen-bond donors (Lipinski definition) is 5. The summed E-state index contributed by atoms with van der Waals surface area (Å²) in [4.78, 5) is 50.7. The third-order valence-electron chi connectivity index (χ3n) is 11.6. The topological polar surface area (TPSA) is 156 Å². The number of carbonyl (C=O) groups excluding carboxylic acids is 3. The number of piperazine rings is 1. The molecule has 1 aromatic heterocycles. The van der Waals surface area contributed by atoms with Gasteiger partial charge in [0.1, 0.15) is 5.82 Å². The van der Waals surface area contributed by atoms with Crippen LogP contribution in [0.3, 0.4) is 0 Å². The molecule has 4 aliphatic rings. The van der Waals surface area contributed by atoms with E-state index in [2.05, 4.69) is 62.0 Å². The smallest absolute Gasteiger partial charge is 0.253 e. The number of fused-ring (bicyclic) bond motifs is 2. The molecule has 52 heavy (non-hydrogen) atoms. The minimum atomic E-state index is -0.548. The highest BCUT2D eigenvalue weighted by atomic mass is 16.3. The lowest BCUT2D eigenvalue weighted by Gasteiger charge is -2.40. The Labute approximate surface area is 306 Å². The van der Waals surface area contributed by atoms with Gasteiger partial charge in [0.05, 0.1) is 23.3 Å². The van der Waals surface area contributed by atoms with Crippen LogP contribution in [-0.2, 0) is 0 Å². The molecule has 0 radical (unpaired) electrons. The number of benzene rings is 2. The molecule has 1 aliphatic carbocycles. The van der Waals surface area contributed by atoms with E-state index in [1.54, 1.807) is 24.4 Å². The quantitative estimate of drug-likeness (QED) is 0.210. The molecule has 3 amide bonds. The van der Waals surface area contributed by atoms with Gasteiger partial charge in [-0.15, -0.1) is 0 Å². The van der Waals surface area contributed by atoms with Crippen molar-refractivity contribution < 1.29 is 19.5 Å². The van der Waals surface area contributed by atoms with E-state index in [9.17, 15) is 19.5 Å². The minimum Gasteiger partial charge on any atom is -0.393 e. The second-order valence-corrected chi connectivity index (χ2v) is 15.2. The predicted octanol–water partition coefficient (Wildman–Crippen LogP) is 4.07. The van der Waals surface area contributed by atoms with Crippen LogP contribution < -0.4 is 31.5 Å². The Morgan fingerprint density at radius 2 is 1.50 bits per heavy atom. The largest absolute Gasteiger partial charge is 0.393 e. The van der Waals surface area contributed by atoms with Gasteiger partial charge in [0, 0.05) is 73.5 Å². The van der Waals surface area contributed by atoms with Crippen LogP contribution in [0.15, 0.2) is 60.8 Å². The predicted molar refractivity (Wildman–Crippen MR) is 203 cm³/mol. The van der Waals surface area contributed by atoms with Gasteiger partial charge in [0.15, 0.2) is 0 Å². The molecule has 276 valence electrons. The van der Waals surface area contributed by atoms with Crippen LogP contribution in [-0.4, -0.2) is 96.2 Å². The number of primary amides is 1. The van der Waals surface area contributed by atoms with Gasteiger partial charge in [-0.05, 0) is 113 Å². The maximum Gasteiger partial charge on any atom is 0.253 e. The van der Waals surface area contributed by atoms with Crippen molar-refractivity contribution in [1.82, 2.24) is 20.5 Å². The normalized spacial score (nSPS) is 25.3. The zero-order chi connectivity index (χ0) is 36.4. The van der Waals surface area contributed by atoms with Crippen molar-refractivity contribution in [2.45, 2.75) is 94.6 Å². The van der Waals surface area contributed by atoms with Crippen molar-refractivity contribution in [1.29, 1.82) is 0 Å². The SMILES string of the molecule is C[C@H](NC(=O)c1ccc(N2C3CCC2CC(NC(=O)c2ccc(C(N)=O)c(N[C@H]4CC[C@H](O)CC4)c2)C3)nc1)c1ccc(N2CCN(C)CC2)cc1. The number of piperidine rings is 1. The summed E-state index contributed by atoms with van der Waals surface area (Å²) in [5, 5.41) is 19.7. The average molecular weight is 709 g/mol. The summed E-state index contributed by atoms with van der Waals surface area (Å²) < 4.78 is 0. The number of amides is 3. The molecule has 4 fully saturated rings. The van der Waals surface area contributed by atoms with Crippen LogP contribution in [0, 0.1) is 0 Å². The minimum absolute atomic E-state index is 0.00969. The van der Waals surface area contributed by atoms with Gasteiger partial charge in [0.25, 0.3) is 17.7 Å². The standard InChI is InChI=1S/C40H52N8O4/c1-25(26-3-9-31(10-4-26)47-19-17-46(2)18-20-47)43-40(52)28-6-16-37(42-24-28)48-32-11-12-33(48)23-30(22-32)45-39(51)27-5-15-35(38(41)50)36(21-27)44-29-7-13-34(49)14-8-29/h3-6,9-10,15-16,21,24-25,29-30,32-34,44,49H,7-8,11-14,17-20,22-23H2,1-2H3,(H2,41,50)(H,43,52)(H,45,51)/t25-,29-,30?,32?,33?,34-/m0/s1. The fourth-order valence-electron chi connectivity index (χ4n) is 8.47. The Morgan fingerprint density at radius 1 is 0.827 bits per heavy atom. The molecule has 12 nitrogen and oxygen atoms in total. The maximum absolute atomic E-state index is 13.5. The van der Waals surface area contributed by atoms with Crippen LogP contribution >= 0.6 is 0 Å². The number of nitrogens with one attached hydrogen (secondary N) is 3. The number of likely N-dealkylation sites (N-methyl/N-ethyl adjacent to an activating group) is 1. The summed E-state index contributed by atoms with van der Waals surface area (Å²) >= 11 is 0. The van der Waals surface area contributed by atoms with Crippen molar-refractivity contribution in [3.05, 3.63) is 83.0 Å². The molecule has 12 heteroatoms. The third kappa shape index (κ3) is 8.03. The van der Waals surface area contributed by atoms with Gasteiger partial charge in [-0.2, -0.15) is 0 Å². The van der Waals surface area contributed by atoms with Gasteiger partial charge in [-0.25, -0.2) is 4.98 Å². The third-order valence-corrected chi connectivity index (χ3v) is 11.6. The van der Waals surface area contributed by atoms with Crippen LogP contribution in [0.2, 0.25) is 0 Å². The fraction of sp³-hybridized carbons (Fsp3) is 0.500. The van der Waals surface area contributed by atoms with Crippen LogP contribution in [0.1, 0.15) is 101 Å². The van der Waals surface area contributed by atoms with Crippen LogP contribution in [0.4, 0.5) is 17.2 Å². The van der Waals surface area contributed by atoms with Crippen molar-refractivity contribution >= 4 is 34.9 Å². The molecule has 3 aliphatic heterocycles. The Bertz CT molecular complexity index is 1720. The van der Waals surface area contributed by atoms with Gasteiger partial charge < -0.3 is 41.5 Å². The number of pyridine rings is 1. The second-order valence-electron chi connectivity index (χ2n) is 15.2. The molecular formula is C40H52N8O4. The summed E-state index contributed by atoms with van der Waals surface area (Å²) in [6.45, 7) is 6.16. The zero-order valence-electron chi connectivity index (χ0n) is 30.3. The number of nitrogens with zero attached hydrogens (tertiary/aromatic N) is 4. The first-order valence-corrected chi connectivity index (χ1v) is 18.9. The molecule has 7 rings (SSSR count). The summed E-state index contributed by atoms with van der Waals surface area (Å²) in [7, 11) is 2.15. The van der Waals surface area contributed by atoms with Gasteiger partial charge in [0.2, 0.25) is 0 Å². The number of aromatic nitrogens is 1.